The van der Waals surface area contributed by atoms with Crippen LogP contribution in [0.4, 0.5) is 0 Å². The number of aliphatic hydroxyl groups is 4. The van der Waals surface area contributed by atoms with E-state index in [1.807, 2.05) is 13.8 Å². The quantitative estimate of drug-likeness (QED) is 0.463. The molecule has 2 heterocycles. The Hall–Kier alpha value is -0.790. The Labute approximate surface area is 152 Å². The van der Waals surface area contributed by atoms with Crippen molar-refractivity contribution in [3.05, 3.63) is 12.2 Å². The van der Waals surface area contributed by atoms with Gasteiger partial charge in [0.25, 0.3) is 0 Å². The van der Waals surface area contributed by atoms with E-state index in [1.54, 1.807) is 0 Å². The van der Waals surface area contributed by atoms with Gasteiger partial charge in [0.2, 0.25) is 5.79 Å². The van der Waals surface area contributed by atoms with E-state index in [2.05, 4.69) is 6.58 Å². The third kappa shape index (κ3) is 1.41. The predicted molar refractivity (Wildman–Crippen MR) is 90.7 cm³/mol. The summed E-state index contributed by atoms with van der Waals surface area (Å²) in [7, 11) is 0. The van der Waals surface area contributed by atoms with Crippen LogP contribution in [0.15, 0.2) is 12.2 Å². The molecule has 144 valence electrons. The van der Waals surface area contributed by atoms with Crippen LogP contribution in [-0.4, -0.2) is 56.9 Å². The molecule has 9 atom stereocenters. The summed E-state index contributed by atoms with van der Waals surface area (Å²) >= 11 is 0. The smallest absolute Gasteiger partial charge is 0.208 e. The minimum atomic E-state index is -2.15. The molecule has 4 bridgehead atoms. The topological polar surface area (TPSA) is 107 Å². The zero-order valence-corrected chi connectivity index (χ0v) is 15.3. The lowest BCUT2D eigenvalue weighted by molar-refractivity contribution is -0.458. The molecule has 6 fully saturated rings. The molecule has 6 heteroatoms. The molecule has 2 unspecified atom stereocenters. The highest BCUT2D eigenvalue weighted by molar-refractivity contribution is 6.05. The summed E-state index contributed by atoms with van der Waals surface area (Å²) in [6, 6.07) is 0. The monoisotopic (exact) mass is 364 g/mol. The van der Waals surface area contributed by atoms with Gasteiger partial charge in [-0.2, -0.15) is 0 Å². The van der Waals surface area contributed by atoms with Gasteiger partial charge in [-0.15, -0.1) is 0 Å². The van der Waals surface area contributed by atoms with Crippen molar-refractivity contribution in [2.45, 2.75) is 63.6 Å². The van der Waals surface area contributed by atoms with Crippen molar-refractivity contribution in [2.75, 3.05) is 6.61 Å². The molecule has 0 amide bonds. The average molecular weight is 364 g/mol. The highest BCUT2D eigenvalue weighted by atomic mass is 16.6. The number of aliphatic hydroxyl groups excluding tert-OH is 3. The van der Waals surface area contributed by atoms with E-state index in [4.69, 9.17) is 4.74 Å². The average Bonchev–Trinajstić information content (AvgIpc) is 2.69. The van der Waals surface area contributed by atoms with Crippen molar-refractivity contribution < 1.29 is 30.0 Å². The molecule has 0 radical (unpaired) electrons. The van der Waals surface area contributed by atoms with Gasteiger partial charge in [-0.1, -0.05) is 20.4 Å². The van der Waals surface area contributed by atoms with Gasteiger partial charge in [0.05, 0.1) is 18.8 Å². The normalized spacial score (nSPS) is 59.9. The molecule has 4 saturated carbocycles. The van der Waals surface area contributed by atoms with Gasteiger partial charge in [-0.3, -0.25) is 4.79 Å². The van der Waals surface area contributed by atoms with Crippen LogP contribution in [0, 0.1) is 34.0 Å². The van der Waals surface area contributed by atoms with Crippen molar-refractivity contribution in [2.24, 2.45) is 34.0 Å². The van der Waals surface area contributed by atoms with Crippen LogP contribution in [0.3, 0.4) is 0 Å². The molecule has 4 aliphatic carbocycles. The van der Waals surface area contributed by atoms with Gasteiger partial charge in [0.1, 0.15) is 11.5 Å². The Morgan fingerprint density at radius 2 is 1.81 bits per heavy atom. The van der Waals surface area contributed by atoms with Crippen molar-refractivity contribution in [3.63, 3.8) is 0 Å². The zero-order valence-electron chi connectivity index (χ0n) is 15.3. The van der Waals surface area contributed by atoms with Crippen LogP contribution in [0.1, 0.15) is 39.5 Å². The number of ketones is 1. The molecule has 0 aromatic heterocycles. The summed E-state index contributed by atoms with van der Waals surface area (Å²) in [6.45, 7) is 8.07. The molecule has 26 heavy (non-hydrogen) atoms. The lowest BCUT2D eigenvalue weighted by Gasteiger charge is -2.74. The fourth-order valence-corrected chi connectivity index (χ4v) is 7.90. The van der Waals surface area contributed by atoms with Crippen molar-refractivity contribution >= 4 is 5.78 Å². The summed E-state index contributed by atoms with van der Waals surface area (Å²) in [4.78, 5) is 13.3. The summed E-state index contributed by atoms with van der Waals surface area (Å²) in [5.41, 5.74) is -2.49. The number of hydrogen-bond donors (Lipinski definition) is 4. The first-order valence-corrected chi connectivity index (χ1v) is 9.71. The lowest BCUT2D eigenvalue weighted by Crippen LogP contribution is -2.85. The van der Waals surface area contributed by atoms with Crippen LogP contribution in [0.2, 0.25) is 0 Å². The van der Waals surface area contributed by atoms with Gasteiger partial charge < -0.3 is 25.2 Å². The maximum Gasteiger partial charge on any atom is 0.208 e. The fraction of sp³-hybridized carbons (Fsp3) is 0.850. The fourth-order valence-electron chi connectivity index (χ4n) is 7.90. The number of ether oxygens (including phenoxy) is 1. The van der Waals surface area contributed by atoms with Crippen LogP contribution >= 0.6 is 0 Å². The van der Waals surface area contributed by atoms with Gasteiger partial charge >= 0.3 is 0 Å². The summed E-state index contributed by atoms with van der Waals surface area (Å²) in [5.74, 6) is -3.80. The first kappa shape index (κ1) is 17.3. The van der Waals surface area contributed by atoms with E-state index in [0.717, 1.165) is 6.42 Å². The van der Waals surface area contributed by atoms with E-state index in [1.165, 1.54) is 0 Å². The third-order valence-corrected chi connectivity index (χ3v) is 8.88. The van der Waals surface area contributed by atoms with Crippen molar-refractivity contribution in [1.82, 2.24) is 0 Å². The van der Waals surface area contributed by atoms with E-state index < -0.39 is 58.5 Å². The van der Waals surface area contributed by atoms with Crippen LogP contribution in [-0.2, 0) is 9.53 Å². The highest BCUT2D eigenvalue weighted by Gasteiger charge is 2.86. The largest absolute Gasteiger partial charge is 0.392 e. The van der Waals surface area contributed by atoms with E-state index >= 15 is 0 Å². The zero-order chi connectivity index (χ0) is 18.9. The Bertz CT molecular complexity index is 717. The molecule has 0 aromatic carbocycles. The number of rotatable bonds is 0. The molecule has 6 nitrogen and oxygen atoms in total. The number of fused-ring (bicyclic) bond motifs is 2. The van der Waals surface area contributed by atoms with Crippen LogP contribution < -0.4 is 0 Å². The summed E-state index contributed by atoms with van der Waals surface area (Å²) < 4.78 is 5.80. The van der Waals surface area contributed by atoms with Crippen LogP contribution in [0.25, 0.3) is 0 Å². The molecular formula is C20H28O6. The van der Waals surface area contributed by atoms with Gasteiger partial charge in [-0.05, 0) is 42.6 Å². The second-order valence-electron chi connectivity index (χ2n) is 9.97. The molecule has 2 aliphatic heterocycles. The minimum absolute atomic E-state index is 0.0966. The second-order valence-corrected chi connectivity index (χ2v) is 9.97. The predicted octanol–water partition coefficient (Wildman–Crippen LogP) is 0.376. The Morgan fingerprint density at radius 1 is 1.12 bits per heavy atom. The molecule has 6 aliphatic rings. The van der Waals surface area contributed by atoms with Crippen molar-refractivity contribution in [1.29, 1.82) is 0 Å². The molecule has 2 saturated heterocycles. The maximum atomic E-state index is 13.3. The summed E-state index contributed by atoms with van der Waals surface area (Å²) in [6.07, 6.45) is -0.747. The standard InChI is InChI=1S/C20H28O6/c1-9-10-4-5-11-18-8-26-20(25,19(11,14(9)22)15(10)23)16(24)13(18)17(2,3)7-6-12(18)21/h10-13,15-16,21,23-25H,1,4-8H2,2-3H3/t10-,11?,12+,13+,15+,16-,18+,19?,20-/m0/s1. The first-order valence-electron chi connectivity index (χ1n) is 9.71. The second kappa shape index (κ2) is 4.61. The number of carbonyl (C=O) groups is 1. The van der Waals surface area contributed by atoms with Gasteiger partial charge in [-0.25, -0.2) is 0 Å². The summed E-state index contributed by atoms with van der Waals surface area (Å²) in [5, 5.41) is 45.1. The van der Waals surface area contributed by atoms with Gasteiger partial charge in [0.15, 0.2) is 5.78 Å². The molecule has 4 N–H and O–H groups in total. The van der Waals surface area contributed by atoms with E-state index in [-0.39, 0.29) is 12.0 Å². The Kier molecular flexibility index (Phi) is 3.07. The van der Waals surface area contributed by atoms with Gasteiger partial charge in [0, 0.05) is 17.3 Å². The minimum Gasteiger partial charge on any atom is -0.392 e. The van der Waals surface area contributed by atoms with Crippen LogP contribution in [0.5, 0.6) is 0 Å². The molecule has 0 aromatic rings. The van der Waals surface area contributed by atoms with Crippen molar-refractivity contribution in [3.8, 4) is 0 Å². The molecular weight excluding hydrogens is 336 g/mol. The lowest BCUT2D eigenvalue weighted by atomic mass is 9.35. The molecule has 2 spiro atoms. The number of carbonyl (C=O) groups excluding carboxylic acids is 1. The molecule has 6 rings (SSSR count). The maximum absolute atomic E-state index is 13.3. The Morgan fingerprint density at radius 3 is 2.50 bits per heavy atom. The first-order chi connectivity index (χ1) is 12.1. The third-order valence-electron chi connectivity index (χ3n) is 8.88. The Balaban J connectivity index is 1.81. The SMILES string of the molecule is C=C1C(=O)C23C(CC[C@@H]1[C@H]2O)[C@@]12CO[C@@]3(O)[C@@H](O)[C@@H]1C(C)(C)CC[C@H]2O. The highest BCUT2D eigenvalue weighted by Crippen LogP contribution is 2.76. The van der Waals surface area contributed by atoms with E-state index in [0.29, 0.717) is 24.8 Å². The number of hydrogen-bond acceptors (Lipinski definition) is 6. The van der Waals surface area contributed by atoms with E-state index in [9.17, 15) is 25.2 Å². The number of Topliss-reactive ketones (excluding diaryl/α,β-unsaturated/α-hetero) is 1.